The molecule has 9 heteroatoms. The van der Waals surface area contributed by atoms with Gasteiger partial charge in [0, 0.05) is 6.54 Å². The number of ether oxygens (including phenoxy) is 2. The van der Waals surface area contributed by atoms with Crippen LogP contribution in [0.1, 0.15) is 18.1 Å². The third-order valence-corrected chi connectivity index (χ3v) is 5.08. The van der Waals surface area contributed by atoms with Crippen LogP contribution in [0.4, 0.5) is 4.79 Å². The minimum absolute atomic E-state index is 0.00640. The number of fused-ring (bicyclic) bond motifs is 1. The molecule has 1 fully saturated rings. The first-order valence-electron chi connectivity index (χ1n) is 9.45. The van der Waals surface area contributed by atoms with E-state index in [-0.39, 0.29) is 13.3 Å². The van der Waals surface area contributed by atoms with E-state index in [1.165, 1.54) is 0 Å². The van der Waals surface area contributed by atoms with Crippen molar-refractivity contribution in [3.05, 3.63) is 59.7 Å². The molecule has 2 aromatic rings. The van der Waals surface area contributed by atoms with E-state index < -0.39 is 23.4 Å². The van der Waals surface area contributed by atoms with Crippen LogP contribution >= 0.6 is 0 Å². The molecule has 0 saturated carbocycles. The molecule has 2 heterocycles. The Morgan fingerprint density at radius 1 is 1.17 bits per heavy atom. The highest BCUT2D eigenvalue weighted by atomic mass is 16.7. The Morgan fingerprint density at radius 2 is 1.90 bits per heavy atom. The summed E-state index contributed by atoms with van der Waals surface area (Å²) in [7, 11) is 1.77. The Bertz CT molecular complexity index is 996. The van der Waals surface area contributed by atoms with Crippen molar-refractivity contribution in [3.8, 4) is 11.5 Å². The van der Waals surface area contributed by atoms with Crippen LogP contribution in [0.25, 0.3) is 0 Å². The van der Waals surface area contributed by atoms with E-state index in [0.29, 0.717) is 23.6 Å². The van der Waals surface area contributed by atoms with E-state index in [1.54, 1.807) is 43.1 Å². The average Bonchev–Trinajstić information content (AvgIpc) is 3.27. The van der Waals surface area contributed by atoms with Crippen LogP contribution in [0.15, 0.2) is 48.5 Å². The van der Waals surface area contributed by atoms with Gasteiger partial charge in [-0.1, -0.05) is 36.4 Å². The number of hydrogen-bond acceptors (Lipinski definition) is 6. The second-order valence-corrected chi connectivity index (χ2v) is 7.46. The molecule has 0 radical (unpaired) electrons. The molecule has 0 spiro atoms. The summed E-state index contributed by atoms with van der Waals surface area (Å²) in [6.45, 7) is 2.28. The van der Waals surface area contributed by atoms with Crippen molar-refractivity contribution in [1.82, 2.24) is 20.7 Å². The Hall–Kier alpha value is -3.59. The number of imide groups is 1. The largest absolute Gasteiger partial charge is 0.454 e. The number of hydrazine groups is 1. The van der Waals surface area contributed by atoms with Crippen molar-refractivity contribution in [3.63, 3.8) is 0 Å². The molecule has 0 bridgehead atoms. The van der Waals surface area contributed by atoms with Crippen LogP contribution in [0, 0.1) is 0 Å². The molecule has 9 nitrogen and oxygen atoms in total. The molecule has 2 N–H and O–H groups in total. The molecule has 2 aromatic carbocycles. The molecule has 156 valence electrons. The van der Waals surface area contributed by atoms with Gasteiger partial charge in [-0.3, -0.25) is 19.9 Å². The van der Waals surface area contributed by atoms with E-state index in [2.05, 4.69) is 10.7 Å². The summed E-state index contributed by atoms with van der Waals surface area (Å²) in [5.74, 6) is 0.355. The third-order valence-electron chi connectivity index (χ3n) is 5.08. The first-order valence-corrected chi connectivity index (χ1v) is 9.45. The van der Waals surface area contributed by atoms with Gasteiger partial charge in [-0.15, -0.1) is 0 Å². The smallest absolute Gasteiger partial charge is 0.344 e. The van der Waals surface area contributed by atoms with Gasteiger partial charge >= 0.3 is 6.03 Å². The van der Waals surface area contributed by atoms with Crippen LogP contribution in [0.5, 0.6) is 11.5 Å². The monoisotopic (exact) mass is 410 g/mol. The first kappa shape index (κ1) is 19.7. The number of nitrogens with one attached hydrogen (secondary N) is 2. The lowest BCUT2D eigenvalue weighted by Gasteiger charge is -2.22. The lowest BCUT2D eigenvalue weighted by molar-refractivity contribution is -0.139. The molecular weight excluding hydrogens is 388 g/mol. The molecule has 30 heavy (non-hydrogen) atoms. The molecule has 0 aliphatic carbocycles. The Kier molecular flexibility index (Phi) is 5.04. The molecule has 1 saturated heterocycles. The molecule has 4 rings (SSSR count). The van der Waals surface area contributed by atoms with E-state index in [1.807, 2.05) is 24.3 Å². The van der Waals surface area contributed by atoms with Gasteiger partial charge in [0.1, 0.15) is 5.54 Å². The second kappa shape index (κ2) is 7.68. The zero-order valence-electron chi connectivity index (χ0n) is 16.7. The quantitative estimate of drug-likeness (QED) is 0.698. The maximum atomic E-state index is 12.8. The SMILES string of the molecule is CN(CC(=O)NN1C(=O)N[C@](C)(c2ccccc2)C1=O)Cc1ccc2c(c1)OCO2. The van der Waals surface area contributed by atoms with Crippen LogP contribution < -0.4 is 20.2 Å². The number of carbonyl (C=O) groups excluding carboxylic acids is 3. The number of urea groups is 1. The Balaban J connectivity index is 1.36. The van der Waals surface area contributed by atoms with Gasteiger partial charge in [0.2, 0.25) is 6.79 Å². The summed E-state index contributed by atoms with van der Waals surface area (Å²) in [5, 5.41) is 3.39. The maximum Gasteiger partial charge on any atom is 0.344 e. The summed E-state index contributed by atoms with van der Waals surface area (Å²) in [6, 6.07) is 13.8. The number of likely N-dealkylation sites (N-methyl/N-ethyl adjacent to an activating group) is 1. The van der Waals surface area contributed by atoms with E-state index in [4.69, 9.17) is 9.47 Å². The topological polar surface area (TPSA) is 100 Å². The van der Waals surface area contributed by atoms with Gasteiger partial charge in [0.05, 0.1) is 6.54 Å². The van der Waals surface area contributed by atoms with Crippen LogP contribution in [-0.4, -0.2) is 48.1 Å². The number of nitrogens with zero attached hydrogens (tertiary/aromatic N) is 2. The minimum atomic E-state index is -1.23. The third kappa shape index (κ3) is 3.67. The van der Waals surface area contributed by atoms with Crippen molar-refractivity contribution in [2.45, 2.75) is 19.0 Å². The molecule has 2 aliphatic rings. The molecule has 2 aliphatic heterocycles. The molecular formula is C21H22N4O5. The highest BCUT2D eigenvalue weighted by Gasteiger charge is 2.49. The average molecular weight is 410 g/mol. The normalized spacial score (nSPS) is 19.9. The molecule has 0 aromatic heterocycles. The summed E-state index contributed by atoms with van der Waals surface area (Å²) < 4.78 is 10.7. The van der Waals surface area contributed by atoms with Crippen molar-refractivity contribution in [1.29, 1.82) is 0 Å². The zero-order chi connectivity index (χ0) is 21.3. The lowest BCUT2D eigenvalue weighted by atomic mass is 9.92. The van der Waals surface area contributed by atoms with E-state index in [0.717, 1.165) is 10.6 Å². The Labute approximate surface area is 173 Å². The van der Waals surface area contributed by atoms with Crippen molar-refractivity contribution in [2.75, 3.05) is 20.4 Å². The van der Waals surface area contributed by atoms with Crippen molar-refractivity contribution in [2.24, 2.45) is 0 Å². The van der Waals surface area contributed by atoms with E-state index >= 15 is 0 Å². The van der Waals surface area contributed by atoms with Gasteiger partial charge < -0.3 is 14.8 Å². The number of benzene rings is 2. The first-order chi connectivity index (χ1) is 14.4. The Morgan fingerprint density at radius 3 is 2.67 bits per heavy atom. The molecule has 1 atom stereocenters. The fourth-order valence-corrected chi connectivity index (χ4v) is 3.52. The molecule has 0 unspecified atom stereocenters. The highest BCUT2D eigenvalue weighted by Crippen LogP contribution is 2.32. The fraction of sp³-hybridized carbons (Fsp3) is 0.286. The number of amides is 4. The van der Waals surface area contributed by atoms with Gasteiger partial charge in [-0.25, -0.2) is 4.79 Å². The van der Waals surface area contributed by atoms with Gasteiger partial charge in [-0.05, 0) is 37.2 Å². The summed E-state index contributed by atoms with van der Waals surface area (Å²) in [4.78, 5) is 39.4. The number of rotatable bonds is 6. The summed E-state index contributed by atoms with van der Waals surface area (Å²) in [5.41, 5.74) is 2.76. The van der Waals surface area contributed by atoms with Crippen molar-refractivity contribution >= 4 is 17.8 Å². The van der Waals surface area contributed by atoms with Gasteiger partial charge in [0.25, 0.3) is 11.8 Å². The summed E-state index contributed by atoms with van der Waals surface area (Å²) >= 11 is 0. The van der Waals surface area contributed by atoms with Crippen LogP contribution in [0.2, 0.25) is 0 Å². The zero-order valence-corrected chi connectivity index (χ0v) is 16.7. The van der Waals surface area contributed by atoms with E-state index in [9.17, 15) is 14.4 Å². The predicted molar refractivity (Wildman–Crippen MR) is 106 cm³/mol. The number of carbonyl (C=O) groups is 3. The predicted octanol–water partition coefficient (Wildman–Crippen LogP) is 1.35. The standard InChI is InChI=1S/C21H22N4O5/c1-21(15-6-4-3-5-7-15)19(27)25(20(28)22-21)23-18(26)12-24(2)11-14-8-9-16-17(10-14)30-13-29-16/h3-10H,11-13H2,1-2H3,(H,22,28)(H,23,26)/t21-/m1/s1. The lowest BCUT2D eigenvalue weighted by Crippen LogP contribution is -2.50. The van der Waals surface area contributed by atoms with Crippen molar-refractivity contribution < 1.29 is 23.9 Å². The molecule has 4 amide bonds. The summed E-state index contributed by atoms with van der Waals surface area (Å²) in [6.07, 6.45) is 0. The second-order valence-electron chi connectivity index (χ2n) is 7.46. The highest BCUT2D eigenvalue weighted by molar-refractivity contribution is 6.08. The fourth-order valence-electron chi connectivity index (χ4n) is 3.52. The van der Waals surface area contributed by atoms with Gasteiger partial charge in [0.15, 0.2) is 11.5 Å². The van der Waals surface area contributed by atoms with Gasteiger partial charge in [-0.2, -0.15) is 5.01 Å². The maximum absolute atomic E-state index is 12.8. The minimum Gasteiger partial charge on any atom is -0.454 e. The number of hydrogen-bond donors (Lipinski definition) is 2. The van der Waals surface area contributed by atoms with Crippen LogP contribution in [-0.2, 0) is 21.7 Å². The van der Waals surface area contributed by atoms with Crippen LogP contribution in [0.3, 0.4) is 0 Å².